The van der Waals surface area contributed by atoms with E-state index in [0.717, 1.165) is 11.1 Å². The van der Waals surface area contributed by atoms with Crippen molar-refractivity contribution in [2.75, 3.05) is 25.6 Å². The fourth-order valence-electron chi connectivity index (χ4n) is 4.59. The van der Waals surface area contributed by atoms with Crippen molar-refractivity contribution in [2.24, 2.45) is 5.92 Å². The maximum Gasteiger partial charge on any atom is 0.220 e. The number of hydrogen-bond acceptors (Lipinski definition) is 9. The number of aliphatic hydroxyl groups is 2. The molecule has 1 unspecified atom stereocenters. The van der Waals surface area contributed by atoms with Gasteiger partial charge in [0.25, 0.3) is 0 Å². The number of carbonyl (C=O) groups excluding carboxylic acids is 2. The molecule has 37 heavy (non-hydrogen) atoms. The van der Waals surface area contributed by atoms with Crippen LogP contribution in [0.3, 0.4) is 0 Å². The number of nitrogens with one attached hydrogen (secondary N) is 1. The lowest BCUT2D eigenvalue weighted by Gasteiger charge is -2.21. The summed E-state index contributed by atoms with van der Waals surface area (Å²) in [5, 5.41) is 23.6. The smallest absolute Gasteiger partial charge is 0.220 e. The molecule has 1 aliphatic heterocycles. The third kappa shape index (κ3) is 5.79. The number of aryl methyl sites for hydroxylation is 1. The van der Waals surface area contributed by atoms with Crippen LogP contribution in [0.5, 0.6) is 0 Å². The average molecular weight is 511 g/mol. The van der Waals surface area contributed by atoms with E-state index in [2.05, 4.69) is 20.3 Å². The summed E-state index contributed by atoms with van der Waals surface area (Å²) in [5.41, 5.74) is 3.23. The molecule has 1 fully saturated rings. The zero-order valence-electron chi connectivity index (χ0n) is 21.5. The molecule has 3 heterocycles. The Morgan fingerprint density at radius 1 is 1.16 bits per heavy atom. The number of ketones is 1. The molecule has 4 rings (SSSR count). The summed E-state index contributed by atoms with van der Waals surface area (Å²) in [5.74, 6) is 0.00209. The van der Waals surface area contributed by atoms with E-state index in [1.54, 1.807) is 9.47 Å². The molecule has 0 saturated carbocycles. The second kappa shape index (κ2) is 11.3. The second-order valence-electron chi connectivity index (χ2n) is 9.80. The fourth-order valence-corrected chi connectivity index (χ4v) is 4.59. The summed E-state index contributed by atoms with van der Waals surface area (Å²) in [6.07, 6.45) is 0.642. The summed E-state index contributed by atoms with van der Waals surface area (Å²) < 4.78 is 7.46. The Labute approximate surface area is 215 Å². The first-order valence-electron chi connectivity index (χ1n) is 12.4. The van der Waals surface area contributed by atoms with E-state index in [-0.39, 0.29) is 24.5 Å². The number of benzene rings is 1. The quantitative estimate of drug-likeness (QED) is 0.366. The van der Waals surface area contributed by atoms with Crippen LogP contribution in [0.2, 0.25) is 0 Å². The Morgan fingerprint density at radius 2 is 1.89 bits per heavy atom. The van der Waals surface area contributed by atoms with Gasteiger partial charge in [-0.2, -0.15) is 0 Å². The number of carbonyl (C=O) groups is 2. The zero-order chi connectivity index (χ0) is 26.7. The van der Waals surface area contributed by atoms with Gasteiger partial charge < -0.3 is 25.2 Å². The van der Waals surface area contributed by atoms with Crippen molar-refractivity contribution in [3.63, 3.8) is 0 Å². The van der Waals surface area contributed by atoms with Crippen LogP contribution in [0.1, 0.15) is 37.1 Å². The fraction of sp³-hybridized carbons (Fsp3) is 0.500. The molecular weight excluding hydrogens is 476 g/mol. The number of amides is 1. The van der Waals surface area contributed by atoms with Crippen LogP contribution in [0.25, 0.3) is 11.2 Å². The van der Waals surface area contributed by atoms with Crippen molar-refractivity contribution in [3.05, 3.63) is 48.0 Å². The number of imidazole rings is 1. The van der Waals surface area contributed by atoms with Crippen LogP contribution < -0.4 is 10.2 Å². The molecule has 5 atom stereocenters. The van der Waals surface area contributed by atoms with Gasteiger partial charge in [-0.15, -0.1) is 0 Å². The number of nitrogens with zero attached hydrogens (tertiary/aromatic N) is 5. The Morgan fingerprint density at radius 3 is 2.57 bits per heavy atom. The first-order chi connectivity index (χ1) is 17.7. The highest BCUT2D eigenvalue weighted by molar-refractivity contribution is 5.86. The third-order valence-corrected chi connectivity index (χ3v) is 6.73. The standard InChI is InChI=1S/C26H34N6O5/c1-15-5-7-17(8-6-15)11-16(2)18(34)9-10-20(35)30-21-19(12-33)37-26(23(21)36)32-14-29-22-24(31(3)4)27-13-28-25(22)32/h5-8,13-14,16,19,21,23,26,33,36H,9-12H2,1-4H3,(H,30,35)/t16-,19+,21?,23-,26+/m0/s1. The maximum absolute atomic E-state index is 12.7. The summed E-state index contributed by atoms with van der Waals surface area (Å²) >= 11 is 0. The number of aromatic nitrogens is 4. The summed E-state index contributed by atoms with van der Waals surface area (Å²) in [6, 6.07) is 7.18. The molecule has 0 bridgehead atoms. The lowest BCUT2D eigenvalue weighted by atomic mass is 9.94. The van der Waals surface area contributed by atoms with E-state index >= 15 is 0 Å². The van der Waals surface area contributed by atoms with Gasteiger partial charge in [-0.05, 0) is 18.9 Å². The molecule has 11 nitrogen and oxygen atoms in total. The van der Waals surface area contributed by atoms with Gasteiger partial charge in [0.05, 0.1) is 19.0 Å². The molecule has 1 aliphatic rings. The van der Waals surface area contributed by atoms with Gasteiger partial charge in [-0.1, -0.05) is 36.8 Å². The Hall–Kier alpha value is -3.41. The van der Waals surface area contributed by atoms with E-state index < -0.39 is 37.0 Å². The van der Waals surface area contributed by atoms with E-state index in [1.165, 1.54) is 12.7 Å². The van der Waals surface area contributed by atoms with Crippen molar-refractivity contribution >= 4 is 28.7 Å². The maximum atomic E-state index is 12.7. The molecular formula is C26H34N6O5. The Balaban J connectivity index is 1.37. The van der Waals surface area contributed by atoms with Gasteiger partial charge in [-0.25, -0.2) is 15.0 Å². The average Bonchev–Trinajstić information content (AvgIpc) is 3.44. The normalized spacial score (nSPS) is 22.2. The molecule has 0 spiro atoms. The minimum absolute atomic E-state index is 0.00297. The summed E-state index contributed by atoms with van der Waals surface area (Å²) in [7, 11) is 3.67. The Kier molecular flexibility index (Phi) is 8.16. The van der Waals surface area contributed by atoms with E-state index in [0.29, 0.717) is 23.4 Å². The second-order valence-corrected chi connectivity index (χ2v) is 9.80. The highest BCUT2D eigenvalue weighted by Crippen LogP contribution is 2.32. The molecule has 11 heteroatoms. The van der Waals surface area contributed by atoms with E-state index in [4.69, 9.17) is 4.74 Å². The van der Waals surface area contributed by atoms with Crippen LogP contribution in [0.4, 0.5) is 5.82 Å². The monoisotopic (exact) mass is 510 g/mol. The molecule has 1 aromatic carbocycles. The van der Waals surface area contributed by atoms with Gasteiger partial charge in [0, 0.05) is 32.9 Å². The highest BCUT2D eigenvalue weighted by Gasteiger charge is 2.45. The van der Waals surface area contributed by atoms with Crippen molar-refractivity contribution in [1.82, 2.24) is 24.8 Å². The molecule has 2 aromatic heterocycles. The van der Waals surface area contributed by atoms with E-state index in [1.807, 2.05) is 52.2 Å². The van der Waals surface area contributed by atoms with Gasteiger partial charge in [0.1, 0.15) is 24.3 Å². The predicted molar refractivity (Wildman–Crippen MR) is 137 cm³/mol. The first kappa shape index (κ1) is 26.6. The first-order valence-corrected chi connectivity index (χ1v) is 12.4. The number of fused-ring (bicyclic) bond motifs is 1. The number of aliphatic hydroxyl groups excluding tert-OH is 2. The predicted octanol–water partition coefficient (Wildman–Crippen LogP) is 1.16. The molecule has 3 N–H and O–H groups in total. The highest BCUT2D eigenvalue weighted by atomic mass is 16.5. The van der Waals surface area contributed by atoms with Crippen LogP contribution >= 0.6 is 0 Å². The minimum atomic E-state index is -1.17. The molecule has 1 amide bonds. The van der Waals surface area contributed by atoms with Gasteiger partial charge in [0.2, 0.25) is 5.91 Å². The third-order valence-electron chi connectivity index (χ3n) is 6.73. The van der Waals surface area contributed by atoms with Gasteiger partial charge in [0.15, 0.2) is 23.2 Å². The largest absolute Gasteiger partial charge is 0.394 e. The Bertz CT molecular complexity index is 1240. The minimum Gasteiger partial charge on any atom is -0.394 e. The number of rotatable bonds is 10. The van der Waals surface area contributed by atoms with Gasteiger partial charge in [-0.3, -0.25) is 14.2 Å². The molecule has 3 aromatic rings. The zero-order valence-corrected chi connectivity index (χ0v) is 21.5. The van der Waals surface area contributed by atoms with Crippen LogP contribution in [0, 0.1) is 12.8 Å². The molecule has 198 valence electrons. The summed E-state index contributed by atoms with van der Waals surface area (Å²) in [4.78, 5) is 40.0. The molecule has 1 saturated heterocycles. The lowest BCUT2D eigenvalue weighted by Crippen LogP contribution is -2.48. The van der Waals surface area contributed by atoms with Crippen LogP contribution in [-0.4, -0.2) is 80.4 Å². The number of hydrogen-bond donors (Lipinski definition) is 3. The molecule has 0 radical (unpaired) electrons. The van der Waals surface area contributed by atoms with Crippen LogP contribution in [0.15, 0.2) is 36.9 Å². The number of ether oxygens (including phenoxy) is 1. The summed E-state index contributed by atoms with van der Waals surface area (Å²) in [6.45, 7) is 3.47. The van der Waals surface area contributed by atoms with Crippen molar-refractivity contribution in [3.8, 4) is 0 Å². The lowest BCUT2D eigenvalue weighted by molar-refractivity contribution is -0.128. The van der Waals surface area contributed by atoms with Crippen molar-refractivity contribution in [1.29, 1.82) is 0 Å². The van der Waals surface area contributed by atoms with Gasteiger partial charge >= 0.3 is 0 Å². The van der Waals surface area contributed by atoms with E-state index in [9.17, 15) is 19.8 Å². The van der Waals surface area contributed by atoms with Crippen molar-refractivity contribution < 1.29 is 24.5 Å². The number of anilines is 1. The number of Topliss-reactive ketones (excluding diaryl/α,β-unsaturated/α-hetero) is 1. The molecule has 0 aliphatic carbocycles. The van der Waals surface area contributed by atoms with Crippen LogP contribution in [-0.2, 0) is 20.7 Å². The van der Waals surface area contributed by atoms with Crippen molar-refractivity contribution in [2.45, 2.75) is 57.6 Å². The SMILES string of the molecule is Cc1ccc(C[C@H](C)C(=O)CCC(=O)NC2[C@@H](CO)O[C@@H](n3cnc4c(N(C)C)ncnc43)[C@H]2O)cc1. The topological polar surface area (TPSA) is 143 Å².